The molecule has 0 saturated carbocycles. The average Bonchev–Trinajstić information content (AvgIpc) is 2.14. The van der Waals surface area contributed by atoms with E-state index in [9.17, 15) is 4.79 Å². The van der Waals surface area contributed by atoms with Gasteiger partial charge in [-0.15, -0.1) is 0 Å². The second-order valence-corrected chi connectivity index (χ2v) is 9.85. The zero-order valence-corrected chi connectivity index (χ0v) is 10.9. The van der Waals surface area contributed by atoms with Gasteiger partial charge in [0.25, 0.3) is 5.56 Å². The minimum atomic E-state index is -1.54. The lowest BCUT2D eigenvalue weighted by molar-refractivity contribution is 0.0612. The fraction of sp³-hybridized carbons (Fsp3) is 0.545. The van der Waals surface area contributed by atoms with Crippen molar-refractivity contribution in [3.63, 3.8) is 0 Å². The molecule has 1 rings (SSSR count). The van der Waals surface area contributed by atoms with Crippen LogP contribution in [0.4, 0.5) is 0 Å². The van der Waals surface area contributed by atoms with Crippen molar-refractivity contribution in [2.24, 2.45) is 0 Å². The van der Waals surface area contributed by atoms with Crippen LogP contribution in [-0.2, 0) is 4.74 Å². The average molecular weight is 225 g/mol. The summed E-state index contributed by atoms with van der Waals surface area (Å²) in [4.78, 5) is 11.7. The third-order valence-electron chi connectivity index (χ3n) is 2.17. The largest absolute Gasteiger partial charge is 0.362 e. The molecule has 0 aromatic carbocycles. The van der Waals surface area contributed by atoms with Crippen LogP contribution >= 0.6 is 0 Å². The Morgan fingerprint density at radius 2 is 2.07 bits per heavy atom. The van der Waals surface area contributed by atoms with Crippen LogP contribution in [0.5, 0.6) is 0 Å². The van der Waals surface area contributed by atoms with Gasteiger partial charge >= 0.3 is 0 Å². The van der Waals surface area contributed by atoms with Crippen LogP contribution in [0.25, 0.3) is 0 Å². The highest BCUT2D eigenvalue weighted by molar-refractivity contribution is 6.76. The van der Waals surface area contributed by atoms with Crippen LogP contribution in [0, 0.1) is 0 Å². The summed E-state index contributed by atoms with van der Waals surface area (Å²) in [6.07, 6.45) is 1.81. The molecule has 4 heteroatoms. The van der Waals surface area contributed by atoms with E-state index in [0.29, 0.717) is 6.61 Å². The topological polar surface area (TPSA) is 31.2 Å². The number of aromatic nitrogens is 1. The molecule has 1 aromatic heterocycles. The molecule has 1 heterocycles. The Labute approximate surface area is 91.7 Å². The first-order chi connectivity index (χ1) is 6.96. The fourth-order valence-electron chi connectivity index (χ4n) is 1.54. The van der Waals surface area contributed by atoms with E-state index in [-0.39, 0.29) is 11.4 Å². The van der Waals surface area contributed by atoms with E-state index in [2.05, 4.69) is 19.6 Å². The summed E-state index contributed by atoms with van der Waals surface area (Å²) in [5.41, 5.74) is 0.0124. The van der Waals surface area contributed by atoms with Crippen LogP contribution in [0.15, 0.2) is 29.2 Å². The van der Waals surface area contributed by atoms with E-state index >= 15 is 0 Å². The quantitative estimate of drug-likeness (QED) is 0.736. The van der Waals surface area contributed by atoms with E-state index in [1.165, 1.54) is 0 Å². The summed E-state index contributed by atoms with van der Waals surface area (Å²) >= 11 is 0. The van der Waals surface area contributed by atoms with Gasteiger partial charge in [0.2, 0.25) is 0 Å². The van der Waals surface area contributed by atoms with Gasteiger partial charge in [0.05, 0.1) is 0 Å². The van der Waals surface area contributed by atoms with Gasteiger partial charge in [-0.05, 0) is 13.0 Å². The fourth-order valence-corrected chi connectivity index (χ4v) is 3.25. The molecule has 15 heavy (non-hydrogen) atoms. The number of hydrogen-bond donors (Lipinski definition) is 0. The summed E-state index contributed by atoms with van der Waals surface area (Å²) in [5, 5.41) is 0. The molecule has 84 valence electrons. The first kappa shape index (κ1) is 12.2. The molecule has 0 N–H and O–H groups in total. The number of pyridine rings is 1. The lowest BCUT2D eigenvalue weighted by Gasteiger charge is -2.30. The Morgan fingerprint density at radius 3 is 2.53 bits per heavy atom. The second-order valence-electron chi connectivity index (χ2n) is 4.62. The summed E-state index contributed by atoms with van der Waals surface area (Å²) < 4.78 is 7.40. The maximum atomic E-state index is 11.7. The molecule has 0 amide bonds. The second kappa shape index (κ2) is 4.77. The molecule has 1 aromatic rings. The molecule has 1 unspecified atom stereocenters. The van der Waals surface area contributed by atoms with E-state index in [1.54, 1.807) is 22.9 Å². The summed E-state index contributed by atoms with van der Waals surface area (Å²) in [6.45, 7) is 9.20. The molecular formula is C11H19NO2Si. The van der Waals surface area contributed by atoms with Crippen molar-refractivity contribution >= 4 is 8.07 Å². The third-order valence-corrected chi connectivity index (χ3v) is 4.10. The summed E-state index contributed by atoms with van der Waals surface area (Å²) in [7, 11) is -1.54. The molecular weight excluding hydrogens is 206 g/mol. The van der Waals surface area contributed by atoms with Gasteiger partial charge in [0.1, 0.15) is 13.9 Å². The first-order valence-electron chi connectivity index (χ1n) is 5.25. The Hall–Kier alpha value is -0.873. The monoisotopic (exact) mass is 225 g/mol. The van der Waals surface area contributed by atoms with Crippen LogP contribution < -0.4 is 5.56 Å². The highest BCUT2D eigenvalue weighted by Crippen LogP contribution is 2.20. The maximum absolute atomic E-state index is 11.7. The molecule has 3 nitrogen and oxygen atoms in total. The molecule has 0 saturated heterocycles. The Kier molecular flexibility index (Phi) is 3.88. The Balaban J connectivity index is 3.11. The van der Waals surface area contributed by atoms with Gasteiger partial charge in [-0.1, -0.05) is 25.7 Å². The molecule has 0 fully saturated rings. The molecule has 0 radical (unpaired) electrons. The van der Waals surface area contributed by atoms with Gasteiger partial charge < -0.3 is 4.74 Å². The SMILES string of the molecule is CCOC(n1ccccc1=O)[Si](C)(C)C. The van der Waals surface area contributed by atoms with Crippen LogP contribution in [-0.4, -0.2) is 19.2 Å². The number of rotatable bonds is 4. The molecule has 0 spiro atoms. The van der Waals surface area contributed by atoms with Crippen molar-refractivity contribution in [3.8, 4) is 0 Å². The van der Waals surface area contributed by atoms with Gasteiger partial charge in [-0.25, -0.2) is 0 Å². The number of hydrogen-bond acceptors (Lipinski definition) is 2. The van der Waals surface area contributed by atoms with Crippen molar-refractivity contribution in [2.75, 3.05) is 6.61 Å². The Morgan fingerprint density at radius 1 is 1.40 bits per heavy atom. The highest BCUT2D eigenvalue weighted by Gasteiger charge is 2.29. The standard InChI is InChI=1S/C11H19NO2Si/c1-5-14-11(15(2,3)4)12-9-7-6-8-10(12)13/h6-9,11H,5H2,1-4H3. The predicted octanol–water partition coefficient (Wildman–Crippen LogP) is 2.26. The van der Waals surface area contributed by atoms with Crippen molar-refractivity contribution in [1.29, 1.82) is 0 Å². The van der Waals surface area contributed by atoms with Crippen molar-refractivity contribution in [1.82, 2.24) is 4.57 Å². The molecule has 0 aliphatic heterocycles. The Bertz CT molecular complexity index is 367. The minimum absolute atomic E-state index is 0.0124. The van der Waals surface area contributed by atoms with Crippen molar-refractivity contribution in [3.05, 3.63) is 34.7 Å². The smallest absolute Gasteiger partial charge is 0.252 e. The molecule has 0 aliphatic carbocycles. The van der Waals surface area contributed by atoms with E-state index < -0.39 is 8.07 Å². The van der Waals surface area contributed by atoms with E-state index in [1.807, 2.05) is 13.0 Å². The van der Waals surface area contributed by atoms with Crippen LogP contribution in [0.3, 0.4) is 0 Å². The number of ether oxygens (including phenoxy) is 1. The molecule has 0 aliphatic rings. The van der Waals surface area contributed by atoms with Crippen LogP contribution in [0.2, 0.25) is 19.6 Å². The van der Waals surface area contributed by atoms with Crippen LogP contribution in [0.1, 0.15) is 12.8 Å². The summed E-state index contributed by atoms with van der Waals surface area (Å²) in [5.74, 6) is -0.0730. The third kappa shape index (κ3) is 3.04. The first-order valence-corrected chi connectivity index (χ1v) is 8.83. The zero-order chi connectivity index (χ0) is 11.5. The lowest BCUT2D eigenvalue weighted by atomic mass is 10.5. The van der Waals surface area contributed by atoms with E-state index in [4.69, 9.17) is 4.74 Å². The van der Waals surface area contributed by atoms with Gasteiger partial charge in [0, 0.05) is 18.9 Å². The zero-order valence-electron chi connectivity index (χ0n) is 9.86. The highest BCUT2D eigenvalue weighted by atomic mass is 28.3. The number of nitrogens with zero attached hydrogens (tertiary/aromatic N) is 1. The lowest BCUT2D eigenvalue weighted by Crippen LogP contribution is -2.41. The van der Waals surface area contributed by atoms with Gasteiger partial charge in [-0.2, -0.15) is 0 Å². The molecule has 0 bridgehead atoms. The van der Waals surface area contributed by atoms with Gasteiger partial charge in [-0.3, -0.25) is 9.36 Å². The molecule has 1 atom stereocenters. The minimum Gasteiger partial charge on any atom is -0.362 e. The maximum Gasteiger partial charge on any atom is 0.252 e. The van der Waals surface area contributed by atoms with Crippen molar-refractivity contribution < 1.29 is 4.74 Å². The van der Waals surface area contributed by atoms with E-state index in [0.717, 1.165) is 0 Å². The normalized spacial score (nSPS) is 13.9. The summed E-state index contributed by atoms with van der Waals surface area (Å²) in [6, 6.07) is 5.20. The predicted molar refractivity (Wildman–Crippen MR) is 64.7 cm³/mol. The van der Waals surface area contributed by atoms with Crippen molar-refractivity contribution in [2.45, 2.75) is 32.4 Å². The van der Waals surface area contributed by atoms with Gasteiger partial charge in [0.15, 0.2) is 0 Å².